The monoisotopic (exact) mass is 388 g/mol. The van der Waals surface area contributed by atoms with Gasteiger partial charge in [0, 0.05) is 17.5 Å². The van der Waals surface area contributed by atoms with Gasteiger partial charge >= 0.3 is 11.9 Å². The van der Waals surface area contributed by atoms with Crippen molar-refractivity contribution < 1.29 is 28.7 Å². The molecule has 0 heterocycles. The number of hydrogen-bond acceptors (Lipinski definition) is 6. The summed E-state index contributed by atoms with van der Waals surface area (Å²) in [4.78, 5) is 49.9. The van der Waals surface area contributed by atoms with Crippen LogP contribution in [0.1, 0.15) is 79.5 Å². The van der Waals surface area contributed by atoms with E-state index in [0.29, 0.717) is 30.6 Å². The van der Waals surface area contributed by atoms with E-state index in [-0.39, 0.29) is 19.0 Å². The summed E-state index contributed by atoms with van der Waals surface area (Å²) in [6.07, 6.45) is 4.32. The van der Waals surface area contributed by atoms with Gasteiger partial charge < -0.3 is 9.47 Å². The molecule has 1 aromatic rings. The molecule has 0 saturated heterocycles. The van der Waals surface area contributed by atoms with E-state index >= 15 is 0 Å². The number of ketones is 2. The molecule has 28 heavy (non-hydrogen) atoms. The molecule has 6 nitrogen and oxygen atoms in total. The van der Waals surface area contributed by atoms with Gasteiger partial charge in [0.1, 0.15) is 0 Å². The number of rotatable bonds is 11. The standard InChI is InChI=1S/C22H28O6/c1-3-27-18(23)14-8-6-5-7-11-15-22(21(26)28-4-2)19(24)16-12-9-10-13-17(16)20(22)25/h9-10,12-13H,3-8,11,14-15H2,1-2H3. The molecule has 0 radical (unpaired) electrons. The Kier molecular flexibility index (Phi) is 7.91. The summed E-state index contributed by atoms with van der Waals surface area (Å²) in [5.74, 6) is -1.84. The van der Waals surface area contributed by atoms with Gasteiger partial charge in [0.05, 0.1) is 13.2 Å². The van der Waals surface area contributed by atoms with E-state index < -0.39 is 23.0 Å². The van der Waals surface area contributed by atoms with Crippen LogP contribution < -0.4 is 0 Å². The fraction of sp³-hybridized carbons (Fsp3) is 0.545. The maximum atomic E-state index is 13.0. The van der Waals surface area contributed by atoms with Crippen LogP contribution in [0.5, 0.6) is 0 Å². The minimum absolute atomic E-state index is 0.116. The summed E-state index contributed by atoms with van der Waals surface area (Å²) in [5.41, 5.74) is -1.14. The molecule has 0 saturated carbocycles. The van der Waals surface area contributed by atoms with E-state index in [0.717, 1.165) is 25.7 Å². The average molecular weight is 388 g/mol. The zero-order chi connectivity index (χ0) is 20.6. The van der Waals surface area contributed by atoms with Crippen LogP contribution in [0.25, 0.3) is 0 Å². The van der Waals surface area contributed by atoms with E-state index in [1.54, 1.807) is 38.1 Å². The van der Waals surface area contributed by atoms with E-state index in [4.69, 9.17) is 9.47 Å². The van der Waals surface area contributed by atoms with Gasteiger partial charge in [-0.1, -0.05) is 49.9 Å². The molecule has 1 aromatic carbocycles. The number of carbonyl (C=O) groups excluding carboxylic acids is 4. The average Bonchev–Trinajstić information content (AvgIpc) is 2.90. The summed E-state index contributed by atoms with van der Waals surface area (Å²) in [6, 6.07) is 6.56. The largest absolute Gasteiger partial charge is 0.466 e. The zero-order valence-corrected chi connectivity index (χ0v) is 16.6. The summed E-state index contributed by atoms with van der Waals surface area (Å²) in [7, 11) is 0. The Morgan fingerprint density at radius 1 is 0.821 bits per heavy atom. The van der Waals surface area contributed by atoms with Crippen molar-refractivity contribution in [3.63, 3.8) is 0 Å². The van der Waals surface area contributed by atoms with Crippen molar-refractivity contribution >= 4 is 23.5 Å². The number of benzene rings is 1. The van der Waals surface area contributed by atoms with Crippen LogP contribution in [0.2, 0.25) is 0 Å². The first kappa shape index (κ1) is 21.8. The van der Waals surface area contributed by atoms with Crippen LogP contribution in [0, 0.1) is 5.41 Å². The summed E-state index contributed by atoms with van der Waals surface area (Å²) in [5, 5.41) is 0. The Morgan fingerprint density at radius 2 is 1.36 bits per heavy atom. The predicted octanol–water partition coefficient (Wildman–Crippen LogP) is 3.91. The molecule has 0 bridgehead atoms. The second kappa shape index (κ2) is 10.2. The molecular formula is C22H28O6. The number of hydrogen-bond donors (Lipinski definition) is 0. The molecule has 152 valence electrons. The third-order valence-electron chi connectivity index (χ3n) is 5.05. The molecule has 0 atom stereocenters. The third-order valence-corrected chi connectivity index (χ3v) is 5.05. The van der Waals surface area contributed by atoms with Gasteiger partial charge in [-0.3, -0.25) is 19.2 Å². The Morgan fingerprint density at radius 3 is 1.93 bits per heavy atom. The van der Waals surface area contributed by atoms with Crippen LogP contribution in [0.15, 0.2) is 24.3 Å². The van der Waals surface area contributed by atoms with Crippen molar-refractivity contribution in [3.8, 4) is 0 Å². The number of esters is 2. The maximum Gasteiger partial charge on any atom is 0.328 e. The Hall–Kier alpha value is -2.50. The van der Waals surface area contributed by atoms with E-state index in [1.807, 2.05) is 0 Å². The van der Waals surface area contributed by atoms with E-state index in [1.165, 1.54) is 0 Å². The molecule has 0 fully saturated rings. The topological polar surface area (TPSA) is 86.7 Å². The Balaban J connectivity index is 1.95. The molecule has 6 heteroatoms. The minimum Gasteiger partial charge on any atom is -0.466 e. The molecular weight excluding hydrogens is 360 g/mol. The molecule has 0 amide bonds. The van der Waals surface area contributed by atoms with Crippen LogP contribution >= 0.6 is 0 Å². The van der Waals surface area contributed by atoms with Crippen LogP contribution in [-0.4, -0.2) is 36.7 Å². The van der Waals surface area contributed by atoms with Crippen molar-refractivity contribution in [1.29, 1.82) is 0 Å². The van der Waals surface area contributed by atoms with Gasteiger partial charge in [-0.05, 0) is 26.7 Å². The number of fused-ring (bicyclic) bond motifs is 1. The molecule has 0 aliphatic heterocycles. The lowest BCUT2D eigenvalue weighted by Gasteiger charge is -2.23. The van der Waals surface area contributed by atoms with Crippen molar-refractivity contribution in [1.82, 2.24) is 0 Å². The molecule has 0 N–H and O–H groups in total. The normalized spacial score (nSPS) is 14.6. The fourth-order valence-electron chi connectivity index (χ4n) is 3.63. The van der Waals surface area contributed by atoms with Crippen LogP contribution in [0.4, 0.5) is 0 Å². The van der Waals surface area contributed by atoms with Crippen LogP contribution in [-0.2, 0) is 19.1 Å². The Bertz CT molecular complexity index is 701. The highest BCUT2D eigenvalue weighted by atomic mass is 16.5. The first-order valence-corrected chi connectivity index (χ1v) is 10.0. The zero-order valence-electron chi connectivity index (χ0n) is 16.6. The van der Waals surface area contributed by atoms with Crippen LogP contribution in [0.3, 0.4) is 0 Å². The van der Waals surface area contributed by atoms with Crippen molar-refractivity contribution in [2.45, 2.75) is 58.8 Å². The van der Waals surface area contributed by atoms with Gasteiger partial charge in [0.2, 0.25) is 0 Å². The molecule has 1 aliphatic rings. The number of unbranched alkanes of at least 4 members (excludes halogenated alkanes) is 4. The third kappa shape index (κ3) is 4.49. The quantitative estimate of drug-likeness (QED) is 0.324. The number of ether oxygens (including phenoxy) is 2. The number of Topliss-reactive ketones (excluding diaryl/α,β-unsaturated/α-hetero) is 2. The highest BCUT2D eigenvalue weighted by Gasteiger charge is 2.58. The lowest BCUT2D eigenvalue weighted by molar-refractivity contribution is -0.150. The lowest BCUT2D eigenvalue weighted by Crippen LogP contribution is -2.43. The summed E-state index contributed by atoms with van der Waals surface area (Å²) >= 11 is 0. The van der Waals surface area contributed by atoms with E-state index in [2.05, 4.69) is 0 Å². The molecule has 1 aliphatic carbocycles. The predicted molar refractivity (Wildman–Crippen MR) is 103 cm³/mol. The molecule has 0 aromatic heterocycles. The van der Waals surface area contributed by atoms with Crippen molar-refractivity contribution in [2.24, 2.45) is 5.41 Å². The first-order valence-electron chi connectivity index (χ1n) is 10.0. The van der Waals surface area contributed by atoms with Crippen molar-refractivity contribution in [3.05, 3.63) is 35.4 Å². The van der Waals surface area contributed by atoms with Gasteiger partial charge in [0.15, 0.2) is 17.0 Å². The van der Waals surface area contributed by atoms with Crippen molar-refractivity contribution in [2.75, 3.05) is 13.2 Å². The Labute approximate surface area is 165 Å². The smallest absolute Gasteiger partial charge is 0.328 e. The fourth-order valence-corrected chi connectivity index (χ4v) is 3.63. The van der Waals surface area contributed by atoms with Gasteiger partial charge in [-0.2, -0.15) is 0 Å². The SMILES string of the molecule is CCOC(=O)CCCCCCCC1(C(=O)OCC)C(=O)c2ccccc2C1=O. The molecule has 0 unspecified atom stereocenters. The highest BCUT2D eigenvalue weighted by molar-refractivity contribution is 6.38. The number of carbonyl (C=O) groups is 4. The van der Waals surface area contributed by atoms with Gasteiger partial charge in [-0.25, -0.2) is 0 Å². The highest BCUT2D eigenvalue weighted by Crippen LogP contribution is 2.42. The van der Waals surface area contributed by atoms with Gasteiger partial charge in [-0.15, -0.1) is 0 Å². The lowest BCUT2D eigenvalue weighted by atomic mass is 9.77. The minimum atomic E-state index is -1.75. The first-order chi connectivity index (χ1) is 13.5. The summed E-state index contributed by atoms with van der Waals surface area (Å²) < 4.78 is 10.0. The maximum absolute atomic E-state index is 13.0. The summed E-state index contributed by atoms with van der Waals surface area (Å²) in [6.45, 7) is 3.94. The van der Waals surface area contributed by atoms with Gasteiger partial charge in [0.25, 0.3) is 0 Å². The van der Waals surface area contributed by atoms with E-state index in [9.17, 15) is 19.2 Å². The molecule has 2 rings (SSSR count). The second-order valence-corrected chi connectivity index (χ2v) is 6.90. The molecule has 0 spiro atoms. The second-order valence-electron chi connectivity index (χ2n) is 6.90.